The van der Waals surface area contributed by atoms with E-state index in [1.165, 1.54) is 0 Å². The Hall–Kier alpha value is -1.09. The van der Waals surface area contributed by atoms with Gasteiger partial charge in [-0.2, -0.15) is 0 Å². The molecule has 1 rings (SSSR count). The van der Waals surface area contributed by atoms with Crippen LogP contribution in [0.5, 0.6) is 5.75 Å². The molecule has 0 N–H and O–H groups in total. The van der Waals surface area contributed by atoms with E-state index < -0.39 is 0 Å². The molecule has 2 nitrogen and oxygen atoms in total. The van der Waals surface area contributed by atoms with Gasteiger partial charge in [0, 0.05) is 10.0 Å². The van der Waals surface area contributed by atoms with E-state index >= 15 is 0 Å². The molecule has 0 aliphatic carbocycles. The average molecular weight is 255 g/mol. The van der Waals surface area contributed by atoms with Crippen LogP contribution in [0.2, 0.25) is 0 Å². The van der Waals surface area contributed by atoms with Crippen molar-refractivity contribution < 1.29 is 9.53 Å². The number of carbonyl (C=O) groups excluding carboxylic acids is 1. The van der Waals surface area contributed by atoms with Gasteiger partial charge in [0.1, 0.15) is 11.9 Å². The molecule has 0 aliphatic rings. The second kappa shape index (κ2) is 4.96. The van der Waals surface area contributed by atoms with Gasteiger partial charge in [-0.15, -0.1) is 0 Å². The Balaban J connectivity index is 2.89. The number of halogens is 1. The van der Waals surface area contributed by atoms with Crippen molar-refractivity contribution in [1.82, 2.24) is 0 Å². The van der Waals surface area contributed by atoms with Crippen LogP contribution >= 0.6 is 15.9 Å². The Morgan fingerprint density at radius 2 is 2.29 bits per heavy atom. The molecule has 0 aliphatic heterocycles. The quantitative estimate of drug-likeness (QED) is 0.610. The summed E-state index contributed by atoms with van der Waals surface area (Å²) in [6, 6.07) is 5.28. The van der Waals surface area contributed by atoms with Crippen molar-refractivity contribution in [2.45, 2.75) is 13.0 Å². The maximum absolute atomic E-state index is 10.6. The van der Waals surface area contributed by atoms with Gasteiger partial charge in [-0.1, -0.05) is 28.6 Å². The predicted octanol–water partition coefficient (Wildman–Crippen LogP) is 3.21. The minimum absolute atomic E-state index is 0.0596. The highest BCUT2D eigenvalue weighted by molar-refractivity contribution is 9.10. The lowest BCUT2D eigenvalue weighted by atomic mass is 10.2. The molecular weight excluding hydrogens is 244 g/mol. The first-order chi connectivity index (χ1) is 6.67. The van der Waals surface area contributed by atoms with Gasteiger partial charge in [-0.25, -0.2) is 0 Å². The number of rotatable bonds is 4. The minimum Gasteiger partial charge on any atom is -0.487 e. The van der Waals surface area contributed by atoms with Crippen LogP contribution in [0.3, 0.4) is 0 Å². The summed E-state index contributed by atoms with van der Waals surface area (Å²) in [5, 5.41) is 0. The molecule has 74 valence electrons. The Morgan fingerprint density at radius 1 is 1.57 bits per heavy atom. The van der Waals surface area contributed by atoms with Crippen molar-refractivity contribution in [2.75, 3.05) is 0 Å². The third-order valence-electron chi connectivity index (χ3n) is 1.75. The number of hydrogen-bond donors (Lipinski definition) is 0. The smallest absolute Gasteiger partial charge is 0.151 e. The Bertz CT molecular complexity index is 347. The lowest BCUT2D eigenvalue weighted by Crippen LogP contribution is -2.07. The van der Waals surface area contributed by atoms with Crippen LogP contribution in [-0.4, -0.2) is 12.4 Å². The van der Waals surface area contributed by atoms with E-state index in [9.17, 15) is 4.79 Å². The molecule has 0 amide bonds. The molecule has 0 fully saturated rings. The highest BCUT2D eigenvalue weighted by atomic mass is 79.9. The van der Waals surface area contributed by atoms with E-state index in [2.05, 4.69) is 22.5 Å². The Kier molecular flexibility index (Phi) is 3.89. The highest BCUT2D eigenvalue weighted by Gasteiger charge is 2.03. The van der Waals surface area contributed by atoms with Crippen molar-refractivity contribution >= 4 is 22.2 Å². The first-order valence-electron chi connectivity index (χ1n) is 4.21. The Labute approximate surface area is 91.7 Å². The molecule has 1 unspecified atom stereocenters. The summed E-state index contributed by atoms with van der Waals surface area (Å²) in [6.45, 7) is 5.50. The molecule has 0 spiro atoms. The van der Waals surface area contributed by atoms with Crippen molar-refractivity contribution in [3.05, 3.63) is 40.9 Å². The molecule has 14 heavy (non-hydrogen) atoms. The van der Waals surface area contributed by atoms with Crippen molar-refractivity contribution in [2.24, 2.45) is 0 Å². The third kappa shape index (κ3) is 2.70. The molecular formula is C11H11BrO2. The fourth-order valence-corrected chi connectivity index (χ4v) is 1.29. The molecule has 0 aromatic heterocycles. The topological polar surface area (TPSA) is 26.3 Å². The molecule has 0 saturated heterocycles. The maximum Gasteiger partial charge on any atom is 0.151 e. The third-order valence-corrected chi connectivity index (χ3v) is 2.47. The lowest BCUT2D eigenvalue weighted by molar-refractivity contribution is 0.112. The largest absolute Gasteiger partial charge is 0.487 e. The van der Waals surface area contributed by atoms with E-state index in [1.807, 2.05) is 6.92 Å². The van der Waals surface area contributed by atoms with Gasteiger partial charge in [0.15, 0.2) is 6.29 Å². The number of hydrogen-bond acceptors (Lipinski definition) is 2. The van der Waals surface area contributed by atoms with Crippen LogP contribution in [0.15, 0.2) is 35.3 Å². The summed E-state index contributed by atoms with van der Waals surface area (Å²) < 4.78 is 6.23. The predicted molar refractivity (Wildman–Crippen MR) is 59.8 cm³/mol. The number of ether oxygens (including phenoxy) is 1. The van der Waals surface area contributed by atoms with Crippen LogP contribution in [0, 0.1) is 0 Å². The van der Waals surface area contributed by atoms with Gasteiger partial charge < -0.3 is 4.74 Å². The normalized spacial score (nSPS) is 11.9. The molecule has 1 aromatic rings. The van der Waals surface area contributed by atoms with Gasteiger partial charge in [-0.3, -0.25) is 4.79 Å². The first kappa shape index (κ1) is 11.0. The van der Waals surface area contributed by atoms with Gasteiger partial charge in [0.05, 0.1) is 0 Å². The molecule has 0 heterocycles. The van der Waals surface area contributed by atoms with Gasteiger partial charge in [0.25, 0.3) is 0 Å². The summed E-state index contributed by atoms with van der Waals surface area (Å²) in [7, 11) is 0. The van der Waals surface area contributed by atoms with Crippen LogP contribution in [-0.2, 0) is 0 Å². The zero-order chi connectivity index (χ0) is 10.6. The number of benzene rings is 1. The van der Waals surface area contributed by atoms with Crippen LogP contribution in [0.25, 0.3) is 0 Å². The molecule has 0 radical (unpaired) electrons. The summed E-state index contributed by atoms with van der Waals surface area (Å²) in [6.07, 6.45) is 2.42. The van der Waals surface area contributed by atoms with Crippen LogP contribution < -0.4 is 4.74 Å². The second-order valence-electron chi connectivity index (χ2n) is 2.86. The van der Waals surface area contributed by atoms with E-state index in [4.69, 9.17) is 4.74 Å². The Morgan fingerprint density at radius 3 is 2.86 bits per heavy atom. The monoisotopic (exact) mass is 254 g/mol. The van der Waals surface area contributed by atoms with Crippen LogP contribution in [0.1, 0.15) is 17.3 Å². The van der Waals surface area contributed by atoms with Gasteiger partial charge >= 0.3 is 0 Å². The second-order valence-corrected chi connectivity index (χ2v) is 3.71. The highest BCUT2D eigenvalue weighted by Crippen LogP contribution is 2.21. The van der Waals surface area contributed by atoms with E-state index in [0.29, 0.717) is 11.3 Å². The summed E-state index contributed by atoms with van der Waals surface area (Å²) >= 11 is 3.27. The fourth-order valence-electron chi connectivity index (χ4n) is 0.948. The van der Waals surface area contributed by atoms with E-state index in [-0.39, 0.29) is 6.10 Å². The van der Waals surface area contributed by atoms with E-state index in [0.717, 1.165) is 10.8 Å². The lowest BCUT2D eigenvalue weighted by Gasteiger charge is -2.10. The first-order valence-corrected chi connectivity index (χ1v) is 5.00. The van der Waals surface area contributed by atoms with Gasteiger partial charge in [-0.05, 0) is 25.1 Å². The molecule has 1 atom stereocenters. The number of carbonyl (C=O) groups is 1. The average Bonchev–Trinajstić information content (AvgIpc) is 2.20. The van der Waals surface area contributed by atoms with E-state index in [1.54, 1.807) is 24.3 Å². The maximum atomic E-state index is 10.6. The molecule has 0 saturated carbocycles. The molecule has 0 bridgehead atoms. The van der Waals surface area contributed by atoms with Crippen molar-refractivity contribution in [3.8, 4) is 5.75 Å². The number of aldehydes is 1. The summed E-state index contributed by atoms with van der Waals surface area (Å²) in [5.41, 5.74) is 0.582. The van der Waals surface area contributed by atoms with Crippen molar-refractivity contribution in [3.63, 3.8) is 0 Å². The fraction of sp³-hybridized carbons (Fsp3) is 0.182. The summed E-state index contributed by atoms with van der Waals surface area (Å²) in [5.74, 6) is 0.669. The molecule has 1 aromatic carbocycles. The van der Waals surface area contributed by atoms with Crippen molar-refractivity contribution in [1.29, 1.82) is 0 Å². The van der Waals surface area contributed by atoms with Gasteiger partial charge in [0.2, 0.25) is 0 Å². The zero-order valence-electron chi connectivity index (χ0n) is 7.87. The zero-order valence-corrected chi connectivity index (χ0v) is 9.45. The molecule has 3 heteroatoms. The SMILES string of the molecule is C=CC(C)Oc1ccc(Br)c(C=O)c1. The standard InChI is InChI=1S/C11H11BrO2/c1-3-8(2)14-10-4-5-11(12)9(6-10)7-13/h3-8H,1H2,2H3. The minimum atomic E-state index is -0.0596. The summed E-state index contributed by atoms with van der Waals surface area (Å²) in [4.78, 5) is 10.6. The van der Waals surface area contributed by atoms with Crippen LogP contribution in [0.4, 0.5) is 0 Å².